The SMILES string of the molecule is COc1ccc(C2C(C(N)=O)N3C=Cc4ccccc4C3C2(C#N)C#N)cc1OC. The molecule has 3 unspecified atom stereocenters. The summed E-state index contributed by atoms with van der Waals surface area (Å²) in [5.74, 6) is -0.428. The van der Waals surface area contributed by atoms with Crippen LogP contribution in [0.2, 0.25) is 0 Å². The Balaban J connectivity index is 1.98. The predicted molar refractivity (Wildman–Crippen MR) is 109 cm³/mol. The molecule has 4 rings (SSSR count). The Morgan fingerprint density at radius 3 is 2.43 bits per heavy atom. The molecule has 30 heavy (non-hydrogen) atoms. The first-order valence-electron chi connectivity index (χ1n) is 9.40. The van der Waals surface area contributed by atoms with Crippen molar-refractivity contribution in [2.45, 2.75) is 18.0 Å². The largest absolute Gasteiger partial charge is 0.493 e. The van der Waals surface area contributed by atoms with E-state index in [1.165, 1.54) is 14.2 Å². The number of hydrogen-bond donors (Lipinski definition) is 1. The summed E-state index contributed by atoms with van der Waals surface area (Å²) in [6.07, 6.45) is 3.63. The summed E-state index contributed by atoms with van der Waals surface area (Å²) in [7, 11) is 3.03. The predicted octanol–water partition coefficient (Wildman–Crippen LogP) is 2.72. The molecule has 1 saturated heterocycles. The Morgan fingerprint density at radius 2 is 1.80 bits per heavy atom. The van der Waals surface area contributed by atoms with E-state index in [0.29, 0.717) is 17.1 Å². The number of nitrogens with zero attached hydrogens (tertiary/aromatic N) is 3. The maximum Gasteiger partial charge on any atom is 0.240 e. The molecule has 7 nitrogen and oxygen atoms in total. The highest BCUT2D eigenvalue weighted by Crippen LogP contribution is 2.59. The van der Waals surface area contributed by atoms with Crippen LogP contribution in [0.15, 0.2) is 48.7 Å². The molecule has 7 heteroatoms. The number of nitrogens with two attached hydrogens (primary N) is 1. The van der Waals surface area contributed by atoms with E-state index in [2.05, 4.69) is 12.1 Å². The normalized spacial score (nSPS) is 22.9. The third-order valence-corrected chi connectivity index (χ3v) is 6.00. The van der Waals surface area contributed by atoms with Crippen LogP contribution in [-0.2, 0) is 4.79 Å². The first kappa shape index (κ1) is 19.4. The molecular weight excluding hydrogens is 380 g/mol. The fourth-order valence-corrected chi connectivity index (χ4v) is 4.74. The van der Waals surface area contributed by atoms with Gasteiger partial charge in [-0.25, -0.2) is 0 Å². The standard InChI is InChI=1S/C23H20N4O3/c1-29-17-8-7-15(11-18(17)30-2)19-20(22(26)28)27-10-9-14-5-3-4-6-16(14)21(27)23(19,12-24)13-25/h3-11,19-21H,1-2H3,(H2,26,28). The summed E-state index contributed by atoms with van der Waals surface area (Å²) in [6, 6.07) is 15.7. The summed E-state index contributed by atoms with van der Waals surface area (Å²) in [4.78, 5) is 14.4. The average Bonchev–Trinajstić information content (AvgIpc) is 3.09. The van der Waals surface area contributed by atoms with Gasteiger partial charge in [0.2, 0.25) is 5.91 Å². The lowest BCUT2D eigenvalue weighted by Crippen LogP contribution is -2.41. The summed E-state index contributed by atoms with van der Waals surface area (Å²) < 4.78 is 10.7. The number of hydrogen-bond acceptors (Lipinski definition) is 6. The van der Waals surface area contributed by atoms with Gasteiger partial charge in [0.25, 0.3) is 0 Å². The number of methoxy groups -OCH3 is 2. The van der Waals surface area contributed by atoms with E-state index in [0.717, 1.165) is 11.1 Å². The van der Waals surface area contributed by atoms with Gasteiger partial charge in [-0.3, -0.25) is 4.79 Å². The minimum Gasteiger partial charge on any atom is -0.493 e. The number of primary amides is 1. The third-order valence-electron chi connectivity index (χ3n) is 6.00. The van der Waals surface area contributed by atoms with Gasteiger partial charge in [0, 0.05) is 12.1 Å². The Bertz CT molecular complexity index is 1110. The van der Waals surface area contributed by atoms with Gasteiger partial charge < -0.3 is 20.1 Å². The quantitative estimate of drug-likeness (QED) is 0.844. The fraction of sp³-hybridized carbons (Fsp3) is 0.261. The maximum atomic E-state index is 12.6. The Morgan fingerprint density at radius 1 is 1.10 bits per heavy atom. The lowest BCUT2D eigenvalue weighted by atomic mass is 9.68. The summed E-state index contributed by atoms with van der Waals surface area (Å²) in [5.41, 5.74) is 6.61. The van der Waals surface area contributed by atoms with Gasteiger partial charge in [0.1, 0.15) is 6.04 Å². The minimum absolute atomic E-state index is 0.448. The number of benzene rings is 2. The molecule has 1 amide bonds. The lowest BCUT2D eigenvalue weighted by Gasteiger charge is -2.34. The second-order valence-electron chi connectivity index (χ2n) is 7.33. The van der Waals surface area contributed by atoms with Gasteiger partial charge in [-0.2, -0.15) is 10.5 Å². The van der Waals surface area contributed by atoms with Crippen molar-refractivity contribution in [3.05, 3.63) is 65.4 Å². The van der Waals surface area contributed by atoms with Crippen molar-refractivity contribution in [1.29, 1.82) is 10.5 Å². The topological polar surface area (TPSA) is 112 Å². The monoisotopic (exact) mass is 400 g/mol. The van der Waals surface area contributed by atoms with Crippen LogP contribution in [0.1, 0.15) is 28.7 Å². The van der Waals surface area contributed by atoms with Crippen molar-refractivity contribution < 1.29 is 14.3 Å². The number of fused-ring (bicyclic) bond motifs is 3. The first-order chi connectivity index (χ1) is 14.5. The van der Waals surface area contributed by atoms with Crippen molar-refractivity contribution >= 4 is 12.0 Å². The minimum atomic E-state index is -1.54. The average molecular weight is 400 g/mol. The van der Waals surface area contributed by atoms with Crippen molar-refractivity contribution in [3.63, 3.8) is 0 Å². The highest BCUT2D eigenvalue weighted by molar-refractivity contribution is 5.84. The van der Waals surface area contributed by atoms with Crippen LogP contribution in [0, 0.1) is 28.1 Å². The van der Waals surface area contributed by atoms with Gasteiger partial charge in [0.15, 0.2) is 16.9 Å². The molecule has 0 saturated carbocycles. The number of amides is 1. The molecule has 0 spiro atoms. The van der Waals surface area contributed by atoms with E-state index in [9.17, 15) is 15.3 Å². The zero-order valence-electron chi connectivity index (χ0n) is 16.6. The molecule has 0 radical (unpaired) electrons. The number of nitriles is 2. The van der Waals surface area contributed by atoms with E-state index < -0.39 is 29.3 Å². The van der Waals surface area contributed by atoms with Crippen molar-refractivity contribution in [3.8, 4) is 23.6 Å². The summed E-state index contributed by atoms with van der Waals surface area (Å²) in [5, 5.41) is 20.6. The maximum absolute atomic E-state index is 12.6. The molecule has 2 aromatic rings. The molecular formula is C23H20N4O3. The Hall–Kier alpha value is -3.97. The molecule has 2 N–H and O–H groups in total. The van der Waals surface area contributed by atoms with Gasteiger partial charge in [-0.05, 0) is 34.9 Å². The number of carbonyl (C=O) groups is 1. The van der Waals surface area contributed by atoms with Crippen LogP contribution >= 0.6 is 0 Å². The smallest absolute Gasteiger partial charge is 0.240 e. The van der Waals surface area contributed by atoms with Crippen LogP contribution in [0.25, 0.3) is 6.08 Å². The molecule has 1 fully saturated rings. The van der Waals surface area contributed by atoms with Crippen molar-refractivity contribution in [1.82, 2.24) is 4.90 Å². The van der Waals surface area contributed by atoms with Crippen LogP contribution in [0.5, 0.6) is 11.5 Å². The highest BCUT2D eigenvalue weighted by atomic mass is 16.5. The second kappa shape index (κ2) is 7.13. The fourth-order valence-electron chi connectivity index (χ4n) is 4.74. The third kappa shape index (κ3) is 2.53. The number of ether oxygens (including phenoxy) is 2. The number of carbonyl (C=O) groups excluding carboxylic acids is 1. The number of rotatable bonds is 4. The molecule has 0 bridgehead atoms. The van der Waals surface area contributed by atoms with Crippen LogP contribution < -0.4 is 15.2 Å². The Labute approximate surface area is 174 Å². The van der Waals surface area contributed by atoms with Gasteiger partial charge in [-0.15, -0.1) is 0 Å². The summed E-state index contributed by atoms with van der Waals surface area (Å²) >= 11 is 0. The molecule has 0 aliphatic carbocycles. The highest BCUT2D eigenvalue weighted by Gasteiger charge is 2.63. The molecule has 3 atom stereocenters. The zero-order chi connectivity index (χ0) is 21.5. The van der Waals surface area contributed by atoms with Crippen LogP contribution in [-0.4, -0.2) is 31.1 Å². The lowest BCUT2D eigenvalue weighted by molar-refractivity contribution is -0.122. The molecule has 2 heterocycles. The molecule has 0 aromatic heterocycles. The molecule has 2 aliphatic rings. The van der Waals surface area contributed by atoms with Gasteiger partial charge in [-0.1, -0.05) is 30.3 Å². The van der Waals surface area contributed by atoms with E-state index in [1.807, 2.05) is 30.3 Å². The molecule has 2 aliphatic heterocycles. The van der Waals surface area contributed by atoms with E-state index >= 15 is 0 Å². The first-order valence-corrected chi connectivity index (χ1v) is 9.40. The Kier molecular flexibility index (Phi) is 4.60. The van der Waals surface area contributed by atoms with E-state index in [4.69, 9.17) is 15.2 Å². The van der Waals surface area contributed by atoms with Crippen molar-refractivity contribution in [2.75, 3.05) is 14.2 Å². The molecule has 2 aromatic carbocycles. The van der Waals surface area contributed by atoms with Crippen molar-refractivity contribution in [2.24, 2.45) is 11.1 Å². The van der Waals surface area contributed by atoms with Crippen LogP contribution in [0.3, 0.4) is 0 Å². The van der Waals surface area contributed by atoms with Gasteiger partial charge >= 0.3 is 0 Å². The second-order valence-corrected chi connectivity index (χ2v) is 7.33. The van der Waals surface area contributed by atoms with Crippen LogP contribution in [0.4, 0.5) is 0 Å². The zero-order valence-corrected chi connectivity index (χ0v) is 16.6. The van der Waals surface area contributed by atoms with Gasteiger partial charge in [0.05, 0.1) is 32.4 Å². The van der Waals surface area contributed by atoms with E-state index in [1.54, 1.807) is 29.3 Å². The van der Waals surface area contributed by atoms with E-state index in [-0.39, 0.29) is 0 Å². The summed E-state index contributed by atoms with van der Waals surface area (Å²) in [6.45, 7) is 0. The molecule has 150 valence electrons.